The SMILES string of the molecule is CC(C)CC1CCN(C)CC1.CC(C)N1CCCC1.CC(C)N1CCN(C)CC1. The fraction of sp³-hybridized carbons (Fsp3) is 1.00. The summed E-state index contributed by atoms with van der Waals surface area (Å²) < 4.78 is 0. The minimum absolute atomic E-state index is 0.730. The van der Waals surface area contributed by atoms with E-state index in [1.54, 1.807) is 0 Å². The van der Waals surface area contributed by atoms with Crippen LogP contribution in [0.3, 0.4) is 0 Å². The van der Waals surface area contributed by atoms with E-state index < -0.39 is 0 Å². The lowest BCUT2D eigenvalue weighted by atomic mass is 9.89. The van der Waals surface area contributed by atoms with Gasteiger partial charge in [-0.2, -0.15) is 0 Å². The molecule has 0 aromatic rings. The molecule has 29 heavy (non-hydrogen) atoms. The van der Waals surface area contributed by atoms with Gasteiger partial charge in [0.15, 0.2) is 0 Å². The van der Waals surface area contributed by atoms with Gasteiger partial charge < -0.3 is 14.7 Å². The van der Waals surface area contributed by atoms with Crippen LogP contribution in [0.2, 0.25) is 0 Å². The van der Waals surface area contributed by atoms with E-state index in [1.165, 1.54) is 84.5 Å². The van der Waals surface area contributed by atoms with Gasteiger partial charge in [-0.1, -0.05) is 13.8 Å². The van der Waals surface area contributed by atoms with Crippen molar-refractivity contribution in [3.05, 3.63) is 0 Å². The van der Waals surface area contributed by atoms with Gasteiger partial charge in [0, 0.05) is 38.3 Å². The van der Waals surface area contributed by atoms with Gasteiger partial charge >= 0.3 is 0 Å². The van der Waals surface area contributed by atoms with Crippen LogP contribution in [0.4, 0.5) is 0 Å². The first kappa shape index (κ1) is 26.9. The third kappa shape index (κ3) is 12.3. The molecule has 4 nitrogen and oxygen atoms in total. The fourth-order valence-corrected chi connectivity index (χ4v) is 4.56. The summed E-state index contributed by atoms with van der Waals surface area (Å²) in [5, 5.41) is 0. The second-order valence-electron chi connectivity index (χ2n) is 10.6. The number of likely N-dealkylation sites (N-methyl/N-ethyl adjacent to an activating group) is 1. The standard InChI is InChI=1S/C10H21N.C8H18N2.C7H15N/c1-9(2)8-10-4-6-11(3)7-5-10;1-8(2)10-6-4-9(3)5-7-10;1-7(2)8-5-3-4-6-8/h9-10H,4-8H2,1-3H3;8H,4-7H2,1-3H3;7H,3-6H2,1-2H3. The average molecular weight is 411 g/mol. The van der Waals surface area contributed by atoms with E-state index in [-0.39, 0.29) is 0 Å². The Balaban J connectivity index is 0.000000220. The van der Waals surface area contributed by atoms with Crippen molar-refractivity contribution in [3.8, 4) is 0 Å². The molecule has 0 aliphatic carbocycles. The summed E-state index contributed by atoms with van der Waals surface area (Å²) in [5.74, 6) is 1.91. The maximum absolute atomic E-state index is 2.53. The van der Waals surface area contributed by atoms with E-state index in [0.29, 0.717) is 0 Å². The van der Waals surface area contributed by atoms with Crippen LogP contribution in [0.15, 0.2) is 0 Å². The highest BCUT2D eigenvalue weighted by molar-refractivity contribution is 4.72. The Labute approximate surface area is 184 Å². The van der Waals surface area contributed by atoms with Crippen molar-refractivity contribution in [1.29, 1.82) is 0 Å². The van der Waals surface area contributed by atoms with Crippen molar-refractivity contribution in [3.63, 3.8) is 0 Å². The van der Waals surface area contributed by atoms with Crippen molar-refractivity contribution in [2.45, 2.75) is 85.7 Å². The second kappa shape index (κ2) is 14.8. The molecule has 0 radical (unpaired) electrons. The van der Waals surface area contributed by atoms with E-state index >= 15 is 0 Å². The number of hydrogen-bond acceptors (Lipinski definition) is 4. The molecule has 0 atom stereocenters. The van der Waals surface area contributed by atoms with Crippen LogP contribution in [0.5, 0.6) is 0 Å². The Morgan fingerprint density at radius 2 is 1.00 bits per heavy atom. The van der Waals surface area contributed by atoms with Gasteiger partial charge in [0.1, 0.15) is 0 Å². The number of hydrogen-bond donors (Lipinski definition) is 0. The molecular formula is C25H54N4. The summed E-state index contributed by atoms with van der Waals surface area (Å²) in [6, 6.07) is 1.51. The Morgan fingerprint density at radius 1 is 0.586 bits per heavy atom. The normalized spacial score (nSPS) is 23.3. The van der Waals surface area contributed by atoms with Crippen LogP contribution in [-0.4, -0.2) is 98.1 Å². The van der Waals surface area contributed by atoms with Crippen molar-refractivity contribution in [2.24, 2.45) is 11.8 Å². The Bertz CT molecular complexity index is 374. The highest BCUT2D eigenvalue weighted by Crippen LogP contribution is 2.22. The number of nitrogens with zero attached hydrogens (tertiary/aromatic N) is 4. The molecule has 0 saturated carbocycles. The van der Waals surface area contributed by atoms with Crippen LogP contribution in [0.25, 0.3) is 0 Å². The molecule has 174 valence electrons. The van der Waals surface area contributed by atoms with Gasteiger partial charge in [0.05, 0.1) is 0 Å². The zero-order valence-electron chi connectivity index (χ0n) is 21.3. The maximum Gasteiger partial charge on any atom is 0.0112 e. The summed E-state index contributed by atoms with van der Waals surface area (Å²) >= 11 is 0. The minimum Gasteiger partial charge on any atom is -0.306 e. The molecule has 3 saturated heterocycles. The number of rotatable bonds is 4. The van der Waals surface area contributed by atoms with Crippen molar-refractivity contribution in [2.75, 3.05) is 66.5 Å². The predicted molar refractivity (Wildman–Crippen MR) is 130 cm³/mol. The van der Waals surface area contributed by atoms with E-state index in [0.717, 1.165) is 23.9 Å². The molecule has 3 rings (SSSR count). The van der Waals surface area contributed by atoms with Gasteiger partial charge in [0.25, 0.3) is 0 Å². The van der Waals surface area contributed by atoms with Crippen LogP contribution >= 0.6 is 0 Å². The smallest absolute Gasteiger partial charge is 0.0112 e. The van der Waals surface area contributed by atoms with Gasteiger partial charge in [-0.3, -0.25) is 4.90 Å². The summed E-state index contributed by atoms with van der Waals surface area (Å²) in [4.78, 5) is 9.88. The summed E-state index contributed by atoms with van der Waals surface area (Å²) in [6.45, 7) is 24.0. The third-order valence-corrected chi connectivity index (χ3v) is 6.78. The van der Waals surface area contributed by atoms with E-state index in [1.807, 2.05) is 0 Å². The molecule has 0 bridgehead atoms. The predicted octanol–water partition coefficient (Wildman–Crippen LogP) is 4.51. The molecule has 0 spiro atoms. The number of piperidine rings is 1. The molecule has 3 fully saturated rings. The number of likely N-dealkylation sites (tertiary alicyclic amines) is 2. The van der Waals surface area contributed by atoms with Gasteiger partial charge in [-0.25, -0.2) is 0 Å². The highest BCUT2D eigenvalue weighted by atomic mass is 15.3. The van der Waals surface area contributed by atoms with Gasteiger partial charge in [0.2, 0.25) is 0 Å². The Kier molecular flexibility index (Phi) is 13.7. The first-order valence-electron chi connectivity index (χ1n) is 12.5. The average Bonchev–Trinajstić information content (AvgIpc) is 3.20. The fourth-order valence-electron chi connectivity index (χ4n) is 4.56. The van der Waals surface area contributed by atoms with Crippen LogP contribution in [0, 0.1) is 11.8 Å². The molecule has 0 aromatic heterocycles. The molecule has 0 aromatic carbocycles. The number of piperazine rings is 1. The second-order valence-corrected chi connectivity index (χ2v) is 10.6. The molecular weight excluding hydrogens is 356 g/mol. The zero-order chi connectivity index (χ0) is 21.8. The molecule has 3 aliphatic rings. The van der Waals surface area contributed by atoms with Crippen LogP contribution in [0.1, 0.15) is 73.6 Å². The minimum atomic E-state index is 0.730. The molecule has 4 heteroatoms. The largest absolute Gasteiger partial charge is 0.306 e. The summed E-state index contributed by atoms with van der Waals surface area (Å²) in [7, 11) is 4.42. The first-order valence-corrected chi connectivity index (χ1v) is 12.5. The lowest BCUT2D eigenvalue weighted by Gasteiger charge is -2.34. The molecule has 0 N–H and O–H groups in total. The summed E-state index contributed by atoms with van der Waals surface area (Å²) in [5.41, 5.74) is 0. The van der Waals surface area contributed by atoms with Gasteiger partial charge in [-0.15, -0.1) is 0 Å². The lowest BCUT2D eigenvalue weighted by molar-refractivity contribution is 0.126. The monoisotopic (exact) mass is 410 g/mol. The van der Waals surface area contributed by atoms with E-state index in [2.05, 4.69) is 75.2 Å². The first-order chi connectivity index (χ1) is 13.7. The van der Waals surface area contributed by atoms with Crippen LogP contribution in [-0.2, 0) is 0 Å². The molecule has 0 unspecified atom stereocenters. The van der Waals surface area contributed by atoms with Crippen molar-refractivity contribution < 1.29 is 0 Å². The Morgan fingerprint density at radius 3 is 1.38 bits per heavy atom. The molecule has 0 amide bonds. The van der Waals surface area contributed by atoms with Gasteiger partial charge in [-0.05, 0) is 112 Å². The summed E-state index contributed by atoms with van der Waals surface area (Å²) in [6.07, 6.45) is 7.12. The zero-order valence-corrected chi connectivity index (χ0v) is 21.3. The van der Waals surface area contributed by atoms with E-state index in [4.69, 9.17) is 0 Å². The van der Waals surface area contributed by atoms with Crippen LogP contribution < -0.4 is 0 Å². The molecule has 3 heterocycles. The highest BCUT2D eigenvalue weighted by Gasteiger charge is 2.17. The van der Waals surface area contributed by atoms with Crippen molar-refractivity contribution >= 4 is 0 Å². The quantitative estimate of drug-likeness (QED) is 0.676. The van der Waals surface area contributed by atoms with Crippen molar-refractivity contribution in [1.82, 2.24) is 19.6 Å². The topological polar surface area (TPSA) is 13.0 Å². The third-order valence-electron chi connectivity index (χ3n) is 6.78. The van der Waals surface area contributed by atoms with E-state index in [9.17, 15) is 0 Å². The maximum atomic E-state index is 2.53. The Hall–Kier alpha value is -0.160. The molecule has 3 aliphatic heterocycles. The lowest BCUT2D eigenvalue weighted by Crippen LogP contribution is -2.47.